The van der Waals surface area contributed by atoms with Crippen LogP contribution in [-0.2, 0) is 16.0 Å². The fourth-order valence-electron chi connectivity index (χ4n) is 4.92. The molecule has 1 aliphatic heterocycles. The highest BCUT2D eigenvalue weighted by atomic mass is 19.1. The maximum Gasteiger partial charge on any atom is 0.325 e. The minimum absolute atomic E-state index is 0.283. The number of benzene rings is 2. The van der Waals surface area contributed by atoms with Crippen molar-refractivity contribution < 1.29 is 18.8 Å². The van der Waals surface area contributed by atoms with E-state index in [1.807, 2.05) is 42.3 Å². The van der Waals surface area contributed by atoms with Gasteiger partial charge in [0.15, 0.2) is 0 Å². The van der Waals surface area contributed by atoms with Crippen LogP contribution in [0.2, 0.25) is 0 Å². The zero-order chi connectivity index (χ0) is 24.1. The van der Waals surface area contributed by atoms with Crippen molar-refractivity contribution >= 4 is 23.5 Å². The average Bonchev–Trinajstić information content (AvgIpc) is 3.04. The Morgan fingerprint density at radius 1 is 1.09 bits per heavy atom. The van der Waals surface area contributed by atoms with E-state index in [1.54, 1.807) is 12.1 Å². The van der Waals surface area contributed by atoms with E-state index in [4.69, 9.17) is 0 Å². The number of imide groups is 1. The zero-order valence-electron chi connectivity index (χ0n) is 19.4. The Hall–Kier alpha value is -3.42. The van der Waals surface area contributed by atoms with Crippen LogP contribution in [0.25, 0.3) is 0 Å². The van der Waals surface area contributed by atoms with E-state index < -0.39 is 11.6 Å². The summed E-state index contributed by atoms with van der Waals surface area (Å²) in [5, 5.41) is 5.85. The van der Waals surface area contributed by atoms with E-state index >= 15 is 0 Å². The number of carbonyl (C=O) groups excluding carboxylic acids is 3. The van der Waals surface area contributed by atoms with Crippen molar-refractivity contribution in [1.29, 1.82) is 0 Å². The predicted octanol–water partition coefficient (Wildman–Crippen LogP) is 3.24. The molecule has 8 heteroatoms. The minimum atomic E-state index is -0.845. The molecule has 2 fully saturated rings. The Morgan fingerprint density at radius 2 is 1.76 bits per heavy atom. The fraction of sp³-hybridized carbons (Fsp3) is 0.423. The van der Waals surface area contributed by atoms with Gasteiger partial charge in [-0.2, -0.15) is 0 Å². The van der Waals surface area contributed by atoms with Gasteiger partial charge in [0, 0.05) is 19.3 Å². The number of likely N-dealkylation sites (N-methyl/N-ethyl adjacent to an activating group) is 1. The van der Waals surface area contributed by atoms with Gasteiger partial charge in [0.2, 0.25) is 5.91 Å². The second-order valence-corrected chi connectivity index (χ2v) is 9.28. The van der Waals surface area contributed by atoms with Gasteiger partial charge >= 0.3 is 6.03 Å². The van der Waals surface area contributed by atoms with E-state index in [2.05, 4.69) is 10.6 Å². The van der Waals surface area contributed by atoms with E-state index in [0.29, 0.717) is 25.8 Å². The molecule has 1 saturated carbocycles. The van der Waals surface area contributed by atoms with Crippen molar-refractivity contribution in [2.45, 2.75) is 50.1 Å². The molecule has 0 radical (unpaired) electrons. The Labute approximate surface area is 199 Å². The standard InChI is InChI=1S/C26H31FN4O3/c1-30(22-12-10-20(27)11-13-22)17-21(16-19-8-4-2-5-9-19)28-23(32)18-31-24(33)26(29-25(31)34)14-6-3-7-15-26/h2,4-5,8-13,21H,3,6-7,14-18H2,1H3,(H,28,32)(H,29,34)/t21-/m0/s1. The summed E-state index contributed by atoms with van der Waals surface area (Å²) in [4.78, 5) is 41.5. The summed E-state index contributed by atoms with van der Waals surface area (Å²) >= 11 is 0. The van der Waals surface area contributed by atoms with Gasteiger partial charge < -0.3 is 15.5 Å². The normalized spacial score (nSPS) is 18.0. The molecule has 2 aromatic carbocycles. The molecule has 1 saturated heterocycles. The second kappa shape index (κ2) is 10.2. The van der Waals surface area contributed by atoms with Crippen LogP contribution in [0, 0.1) is 5.82 Å². The summed E-state index contributed by atoms with van der Waals surface area (Å²) < 4.78 is 13.3. The van der Waals surface area contributed by atoms with E-state index in [-0.39, 0.29) is 30.2 Å². The van der Waals surface area contributed by atoms with Gasteiger partial charge in [0.25, 0.3) is 5.91 Å². The fourth-order valence-corrected chi connectivity index (χ4v) is 4.92. The van der Waals surface area contributed by atoms with Crippen LogP contribution in [-0.4, -0.2) is 54.5 Å². The maximum atomic E-state index is 13.3. The third-order valence-corrected chi connectivity index (χ3v) is 6.71. The SMILES string of the molecule is CN(C[C@H](Cc1ccccc1)NC(=O)CN1C(=O)NC2(CCCCC2)C1=O)c1ccc(F)cc1. The molecule has 0 unspecified atom stereocenters. The number of amides is 4. The van der Waals surface area contributed by atoms with E-state index in [0.717, 1.165) is 35.4 Å². The first-order valence-electron chi connectivity index (χ1n) is 11.8. The summed E-state index contributed by atoms with van der Waals surface area (Å²) in [6, 6.07) is 15.2. The lowest BCUT2D eigenvalue weighted by Crippen LogP contribution is -2.50. The lowest BCUT2D eigenvalue weighted by molar-refractivity contribution is -0.136. The third-order valence-electron chi connectivity index (χ3n) is 6.71. The Kier molecular flexibility index (Phi) is 7.14. The van der Waals surface area contributed by atoms with Crippen molar-refractivity contribution in [3.63, 3.8) is 0 Å². The quantitative estimate of drug-likeness (QED) is 0.586. The van der Waals surface area contributed by atoms with Crippen LogP contribution in [0.3, 0.4) is 0 Å². The van der Waals surface area contributed by atoms with Crippen molar-refractivity contribution in [3.8, 4) is 0 Å². The molecule has 1 heterocycles. The molecular formula is C26H31FN4O3. The lowest BCUT2D eigenvalue weighted by atomic mass is 9.82. The van der Waals surface area contributed by atoms with Crippen LogP contribution < -0.4 is 15.5 Å². The summed E-state index contributed by atoms with van der Waals surface area (Å²) in [7, 11) is 1.88. The molecule has 1 aliphatic carbocycles. The molecule has 4 rings (SSSR count). The molecule has 2 aromatic rings. The summed E-state index contributed by atoms with van der Waals surface area (Å²) in [6.45, 7) is 0.161. The van der Waals surface area contributed by atoms with Crippen LogP contribution in [0.1, 0.15) is 37.7 Å². The molecule has 1 atom stereocenters. The summed E-state index contributed by atoms with van der Waals surface area (Å²) in [5.74, 6) is -0.990. The highest BCUT2D eigenvalue weighted by Gasteiger charge is 2.51. The van der Waals surface area contributed by atoms with Crippen LogP contribution in [0.15, 0.2) is 54.6 Å². The number of carbonyl (C=O) groups is 3. The van der Waals surface area contributed by atoms with Crippen LogP contribution in [0.4, 0.5) is 14.9 Å². The Morgan fingerprint density at radius 3 is 2.44 bits per heavy atom. The van der Waals surface area contributed by atoms with Crippen molar-refractivity contribution in [2.24, 2.45) is 0 Å². The van der Waals surface area contributed by atoms with Crippen molar-refractivity contribution in [2.75, 3.05) is 25.0 Å². The number of nitrogens with one attached hydrogen (secondary N) is 2. The number of hydrogen-bond donors (Lipinski definition) is 2. The molecule has 2 N–H and O–H groups in total. The molecule has 180 valence electrons. The molecular weight excluding hydrogens is 435 g/mol. The number of rotatable bonds is 8. The number of anilines is 1. The van der Waals surface area contributed by atoms with Gasteiger partial charge in [-0.25, -0.2) is 9.18 Å². The van der Waals surface area contributed by atoms with Crippen LogP contribution in [0.5, 0.6) is 0 Å². The third kappa shape index (κ3) is 5.38. The lowest BCUT2D eigenvalue weighted by Gasteiger charge is -2.30. The highest BCUT2D eigenvalue weighted by Crippen LogP contribution is 2.33. The number of hydrogen-bond acceptors (Lipinski definition) is 4. The predicted molar refractivity (Wildman–Crippen MR) is 128 cm³/mol. The van der Waals surface area contributed by atoms with Gasteiger partial charge in [-0.1, -0.05) is 49.6 Å². The van der Waals surface area contributed by atoms with Crippen molar-refractivity contribution in [1.82, 2.24) is 15.5 Å². The molecule has 2 aliphatic rings. The molecule has 4 amide bonds. The summed E-state index contributed by atoms with van der Waals surface area (Å²) in [5.41, 5.74) is 1.03. The molecule has 7 nitrogen and oxygen atoms in total. The first kappa shape index (κ1) is 23.7. The highest BCUT2D eigenvalue weighted by molar-refractivity contribution is 6.09. The topological polar surface area (TPSA) is 81.8 Å². The first-order valence-corrected chi connectivity index (χ1v) is 11.8. The number of halogens is 1. The van der Waals surface area contributed by atoms with E-state index in [1.165, 1.54) is 12.1 Å². The van der Waals surface area contributed by atoms with Gasteiger partial charge in [-0.15, -0.1) is 0 Å². The maximum absolute atomic E-state index is 13.3. The monoisotopic (exact) mass is 466 g/mol. The minimum Gasteiger partial charge on any atom is -0.373 e. The molecule has 34 heavy (non-hydrogen) atoms. The molecule has 0 aromatic heterocycles. The Balaban J connectivity index is 1.43. The zero-order valence-corrected chi connectivity index (χ0v) is 19.4. The van der Waals surface area contributed by atoms with Gasteiger partial charge in [0.1, 0.15) is 17.9 Å². The number of urea groups is 1. The first-order chi connectivity index (χ1) is 16.4. The largest absolute Gasteiger partial charge is 0.373 e. The Bertz CT molecular complexity index is 1020. The van der Waals surface area contributed by atoms with Gasteiger partial charge in [-0.05, 0) is 49.1 Å². The van der Waals surface area contributed by atoms with Crippen LogP contribution >= 0.6 is 0 Å². The average molecular weight is 467 g/mol. The smallest absolute Gasteiger partial charge is 0.325 e. The molecule has 1 spiro atoms. The second-order valence-electron chi connectivity index (χ2n) is 9.28. The van der Waals surface area contributed by atoms with E-state index in [9.17, 15) is 18.8 Å². The summed E-state index contributed by atoms with van der Waals surface area (Å²) in [6.07, 6.45) is 4.64. The van der Waals surface area contributed by atoms with Gasteiger partial charge in [0.05, 0.1) is 6.04 Å². The van der Waals surface area contributed by atoms with Gasteiger partial charge in [-0.3, -0.25) is 14.5 Å². The van der Waals surface area contributed by atoms with Crippen molar-refractivity contribution in [3.05, 3.63) is 66.0 Å². The number of nitrogens with zero attached hydrogens (tertiary/aromatic N) is 2. The molecule has 0 bridgehead atoms.